The molecule has 0 fully saturated rings. The molecule has 0 saturated carbocycles. The average Bonchev–Trinajstić information content (AvgIpc) is 2.87. The van der Waals surface area contributed by atoms with E-state index in [0.29, 0.717) is 23.7 Å². The van der Waals surface area contributed by atoms with Gasteiger partial charge in [0.15, 0.2) is 0 Å². The van der Waals surface area contributed by atoms with Crippen molar-refractivity contribution in [2.45, 2.75) is 18.0 Å². The van der Waals surface area contributed by atoms with Crippen molar-refractivity contribution in [3.05, 3.63) is 90.0 Å². The molecule has 0 unspecified atom stereocenters. The first-order valence-electron chi connectivity index (χ1n) is 8.03. The van der Waals surface area contributed by atoms with E-state index < -0.39 is 10.0 Å². The number of nitrogens with zero attached hydrogens (tertiary/aromatic N) is 1. The monoisotopic (exact) mass is 351 g/mol. The predicted molar refractivity (Wildman–Crippen MR) is 95.8 cm³/mol. The number of fused-ring (bicyclic) bond motifs is 1. The number of rotatable bonds is 4. The minimum absolute atomic E-state index is 0.360. The van der Waals surface area contributed by atoms with Crippen molar-refractivity contribution in [2.24, 2.45) is 0 Å². The molecule has 1 heterocycles. The molecule has 0 amide bonds. The van der Waals surface area contributed by atoms with Gasteiger partial charge in [0.25, 0.3) is 0 Å². The van der Waals surface area contributed by atoms with Gasteiger partial charge in [-0.15, -0.1) is 0 Å². The molecular weight excluding hydrogens is 334 g/mol. The van der Waals surface area contributed by atoms with Gasteiger partial charge in [0.05, 0.1) is 4.90 Å². The summed E-state index contributed by atoms with van der Waals surface area (Å²) in [6.45, 7) is 0.727. The summed E-state index contributed by atoms with van der Waals surface area (Å²) in [4.78, 5) is 0.365. The first-order chi connectivity index (χ1) is 12.1. The molecule has 0 spiro atoms. The zero-order valence-corrected chi connectivity index (χ0v) is 14.3. The van der Waals surface area contributed by atoms with Crippen molar-refractivity contribution in [3.8, 4) is 11.5 Å². The van der Waals surface area contributed by atoms with E-state index in [2.05, 4.69) is 0 Å². The van der Waals surface area contributed by atoms with E-state index in [9.17, 15) is 8.42 Å². The van der Waals surface area contributed by atoms with Crippen LogP contribution >= 0.6 is 0 Å². The van der Waals surface area contributed by atoms with Crippen LogP contribution in [0.15, 0.2) is 83.8 Å². The van der Waals surface area contributed by atoms with E-state index in [-0.39, 0.29) is 0 Å². The first-order valence-corrected chi connectivity index (χ1v) is 9.47. The fourth-order valence-corrected chi connectivity index (χ4v) is 4.56. The molecule has 126 valence electrons. The van der Waals surface area contributed by atoms with Crippen LogP contribution in [-0.4, -0.2) is 12.7 Å². The number of hydrogen-bond acceptors (Lipinski definition) is 3. The highest BCUT2D eigenvalue weighted by atomic mass is 32.2. The van der Waals surface area contributed by atoms with E-state index in [1.165, 1.54) is 4.31 Å². The van der Waals surface area contributed by atoms with Crippen LogP contribution in [-0.2, 0) is 23.1 Å². The summed E-state index contributed by atoms with van der Waals surface area (Å²) in [5.41, 5.74) is 1.74. The Morgan fingerprint density at radius 3 is 2.24 bits per heavy atom. The molecule has 0 saturated heterocycles. The molecule has 4 nitrogen and oxygen atoms in total. The third kappa shape index (κ3) is 3.16. The van der Waals surface area contributed by atoms with Gasteiger partial charge < -0.3 is 4.74 Å². The quantitative estimate of drug-likeness (QED) is 0.708. The molecule has 1 aliphatic heterocycles. The van der Waals surface area contributed by atoms with Crippen LogP contribution < -0.4 is 4.74 Å². The lowest BCUT2D eigenvalue weighted by molar-refractivity contribution is 0.419. The zero-order chi connectivity index (χ0) is 17.3. The summed E-state index contributed by atoms with van der Waals surface area (Å²) in [5.74, 6) is 1.37. The minimum Gasteiger partial charge on any atom is -0.457 e. The highest BCUT2D eigenvalue weighted by Gasteiger charge is 2.34. The molecule has 0 aromatic heterocycles. The van der Waals surface area contributed by atoms with Crippen molar-refractivity contribution in [2.75, 3.05) is 0 Å². The third-order valence-corrected chi connectivity index (χ3v) is 6.07. The Bertz CT molecular complexity index is 986. The maximum atomic E-state index is 12.7. The largest absolute Gasteiger partial charge is 0.457 e. The SMILES string of the molecule is O=S1(=O)c2ccc(Oc3ccccc3)cc2CN1Cc1ccccc1. The van der Waals surface area contributed by atoms with Crippen molar-refractivity contribution in [1.82, 2.24) is 4.31 Å². The molecule has 25 heavy (non-hydrogen) atoms. The highest BCUT2D eigenvalue weighted by Crippen LogP contribution is 2.35. The molecule has 0 aliphatic carbocycles. The van der Waals surface area contributed by atoms with Crippen molar-refractivity contribution >= 4 is 10.0 Å². The van der Waals surface area contributed by atoms with Gasteiger partial charge >= 0.3 is 0 Å². The van der Waals surface area contributed by atoms with Crippen LogP contribution in [0.4, 0.5) is 0 Å². The van der Waals surface area contributed by atoms with Gasteiger partial charge in [-0.05, 0) is 41.5 Å². The van der Waals surface area contributed by atoms with Crippen LogP contribution in [0.3, 0.4) is 0 Å². The van der Waals surface area contributed by atoms with Crippen LogP contribution in [0, 0.1) is 0 Å². The Morgan fingerprint density at radius 1 is 0.840 bits per heavy atom. The summed E-state index contributed by atoms with van der Waals surface area (Å²) in [5, 5.41) is 0. The minimum atomic E-state index is -3.46. The van der Waals surface area contributed by atoms with E-state index in [1.807, 2.05) is 66.7 Å². The molecule has 3 aromatic carbocycles. The summed E-state index contributed by atoms with van der Waals surface area (Å²) in [7, 11) is -3.46. The summed E-state index contributed by atoms with van der Waals surface area (Å²) >= 11 is 0. The lowest BCUT2D eigenvalue weighted by atomic mass is 10.2. The zero-order valence-electron chi connectivity index (χ0n) is 13.5. The maximum absolute atomic E-state index is 12.7. The summed E-state index contributed by atoms with van der Waals surface area (Å²) in [6.07, 6.45) is 0. The number of para-hydroxylation sites is 1. The van der Waals surface area contributed by atoms with E-state index in [1.54, 1.807) is 12.1 Å². The van der Waals surface area contributed by atoms with Gasteiger partial charge in [-0.3, -0.25) is 0 Å². The van der Waals surface area contributed by atoms with Crippen molar-refractivity contribution < 1.29 is 13.2 Å². The Kier molecular flexibility index (Phi) is 4.03. The lowest BCUT2D eigenvalue weighted by Gasteiger charge is -2.14. The van der Waals surface area contributed by atoms with Crippen LogP contribution in [0.5, 0.6) is 11.5 Å². The second-order valence-electron chi connectivity index (χ2n) is 5.94. The van der Waals surface area contributed by atoms with Gasteiger partial charge in [-0.2, -0.15) is 4.31 Å². The molecule has 3 aromatic rings. The Hall–Kier alpha value is -2.63. The summed E-state index contributed by atoms with van der Waals surface area (Å²) < 4.78 is 32.8. The smallest absolute Gasteiger partial charge is 0.244 e. The fraction of sp³-hybridized carbons (Fsp3) is 0.100. The Labute approximate surface area is 147 Å². The van der Waals surface area contributed by atoms with Gasteiger partial charge in [0.2, 0.25) is 10.0 Å². The van der Waals surface area contributed by atoms with Gasteiger partial charge in [-0.1, -0.05) is 48.5 Å². The third-order valence-electron chi connectivity index (χ3n) is 4.18. The number of benzene rings is 3. The van der Waals surface area contributed by atoms with E-state index >= 15 is 0 Å². The number of sulfonamides is 1. The highest BCUT2D eigenvalue weighted by molar-refractivity contribution is 7.89. The molecule has 0 bridgehead atoms. The Morgan fingerprint density at radius 2 is 1.52 bits per heavy atom. The number of hydrogen-bond donors (Lipinski definition) is 0. The Balaban J connectivity index is 1.60. The fourth-order valence-electron chi connectivity index (χ4n) is 2.96. The second kappa shape index (κ2) is 6.35. The van der Waals surface area contributed by atoms with Crippen LogP contribution in [0.2, 0.25) is 0 Å². The van der Waals surface area contributed by atoms with Crippen LogP contribution in [0.25, 0.3) is 0 Å². The average molecular weight is 351 g/mol. The maximum Gasteiger partial charge on any atom is 0.244 e. The van der Waals surface area contributed by atoms with Gasteiger partial charge in [0.1, 0.15) is 11.5 Å². The van der Waals surface area contributed by atoms with E-state index in [4.69, 9.17) is 4.74 Å². The molecule has 0 N–H and O–H groups in total. The molecular formula is C20H17NO3S. The molecule has 4 rings (SSSR count). The first kappa shape index (κ1) is 15.9. The standard InChI is InChI=1S/C20H17NO3S/c22-25(23)20-12-11-19(24-18-9-5-2-6-10-18)13-17(20)15-21(25)14-16-7-3-1-4-8-16/h1-13H,14-15H2. The second-order valence-corrected chi connectivity index (χ2v) is 7.85. The molecule has 5 heteroatoms. The molecule has 1 aliphatic rings. The lowest BCUT2D eigenvalue weighted by Crippen LogP contribution is -2.23. The predicted octanol–water partition coefficient (Wildman–Crippen LogP) is 4.18. The normalized spacial score (nSPS) is 15.7. The van der Waals surface area contributed by atoms with Gasteiger partial charge in [0, 0.05) is 13.1 Å². The topological polar surface area (TPSA) is 46.6 Å². The van der Waals surface area contributed by atoms with Crippen molar-refractivity contribution in [3.63, 3.8) is 0 Å². The number of ether oxygens (including phenoxy) is 1. The molecule has 0 radical (unpaired) electrons. The molecule has 0 atom stereocenters. The van der Waals surface area contributed by atoms with Crippen LogP contribution in [0.1, 0.15) is 11.1 Å². The van der Waals surface area contributed by atoms with Gasteiger partial charge in [-0.25, -0.2) is 8.42 Å². The van der Waals surface area contributed by atoms with Crippen molar-refractivity contribution in [1.29, 1.82) is 0 Å². The van der Waals surface area contributed by atoms with E-state index in [0.717, 1.165) is 16.9 Å². The summed E-state index contributed by atoms with van der Waals surface area (Å²) in [6, 6.07) is 24.2.